The maximum atomic E-state index is 13.2. The maximum absolute atomic E-state index is 13.2. The zero-order valence-corrected chi connectivity index (χ0v) is 18.0. The van der Waals surface area contributed by atoms with E-state index < -0.39 is 0 Å². The number of ether oxygens (including phenoxy) is 2. The maximum Gasteiger partial charge on any atom is 0.260 e. The average molecular weight is 425 g/mol. The number of benzene rings is 2. The Morgan fingerprint density at radius 3 is 2.58 bits per heavy atom. The van der Waals surface area contributed by atoms with E-state index in [2.05, 4.69) is 4.99 Å². The van der Waals surface area contributed by atoms with E-state index in [0.29, 0.717) is 36.6 Å². The molecule has 2 rings (SSSR count). The van der Waals surface area contributed by atoms with Crippen molar-refractivity contribution in [3.05, 3.63) is 47.5 Å². The van der Waals surface area contributed by atoms with Crippen molar-refractivity contribution in [3.63, 3.8) is 0 Å². The van der Waals surface area contributed by atoms with E-state index in [4.69, 9.17) is 15.2 Å². The third-order valence-corrected chi connectivity index (χ3v) is 4.71. The number of hydrogen-bond donors (Lipinski definition) is 1. The number of anilines is 1. The van der Waals surface area contributed by atoms with Gasteiger partial charge in [0.2, 0.25) is 12.0 Å². The smallest absolute Gasteiger partial charge is 0.260 e. The summed E-state index contributed by atoms with van der Waals surface area (Å²) in [5, 5.41) is 0. The first-order chi connectivity index (χ1) is 14.9. The number of amides is 2. The number of aliphatic imine (C=N–C) groups is 1. The third kappa shape index (κ3) is 6.42. The Bertz CT molecular complexity index is 983. The molecule has 164 valence electrons. The molecule has 0 bridgehead atoms. The molecule has 0 radical (unpaired) electrons. The van der Waals surface area contributed by atoms with Gasteiger partial charge in [-0.25, -0.2) is 4.79 Å². The first-order valence-corrected chi connectivity index (χ1v) is 9.93. The number of para-hydroxylation sites is 1. The summed E-state index contributed by atoms with van der Waals surface area (Å²) in [5.41, 5.74) is 7.05. The normalized spacial score (nSPS) is 10.2. The number of nitrogens with two attached hydrogens (primary N) is 1. The van der Waals surface area contributed by atoms with Gasteiger partial charge < -0.3 is 20.1 Å². The predicted molar refractivity (Wildman–Crippen MR) is 118 cm³/mol. The minimum absolute atomic E-state index is 0.126. The molecule has 8 nitrogen and oxygen atoms in total. The lowest BCUT2D eigenvalue weighted by Crippen LogP contribution is -2.27. The molecule has 0 aliphatic rings. The molecule has 0 aromatic heterocycles. The minimum atomic E-state index is -0.372. The Morgan fingerprint density at radius 2 is 1.90 bits per heavy atom. The molecule has 0 fully saturated rings. The van der Waals surface area contributed by atoms with Gasteiger partial charge in [0.1, 0.15) is 17.2 Å². The van der Waals surface area contributed by atoms with E-state index in [1.807, 2.05) is 19.1 Å². The Kier molecular flexibility index (Phi) is 8.78. The van der Waals surface area contributed by atoms with Crippen molar-refractivity contribution in [2.75, 3.05) is 25.7 Å². The van der Waals surface area contributed by atoms with Gasteiger partial charge in [0, 0.05) is 13.5 Å². The average Bonchev–Trinajstić information content (AvgIpc) is 2.75. The van der Waals surface area contributed by atoms with Gasteiger partial charge in [-0.2, -0.15) is 4.99 Å². The first kappa shape index (κ1) is 23.6. The fourth-order valence-corrected chi connectivity index (χ4v) is 3.08. The SMILES string of the molecule is COc1cccc(C(=O)N(C)c2ccc(C)cc2OCCCCCC(N)=O)c1N=C=O. The van der Waals surface area contributed by atoms with Crippen molar-refractivity contribution in [3.8, 4) is 11.5 Å². The lowest BCUT2D eigenvalue weighted by atomic mass is 10.1. The van der Waals surface area contributed by atoms with E-state index in [1.54, 1.807) is 31.3 Å². The summed E-state index contributed by atoms with van der Waals surface area (Å²) in [5.74, 6) is 0.189. The molecule has 0 spiro atoms. The second kappa shape index (κ2) is 11.5. The highest BCUT2D eigenvalue weighted by Gasteiger charge is 2.22. The largest absolute Gasteiger partial charge is 0.494 e. The summed E-state index contributed by atoms with van der Waals surface area (Å²) in [7, 11) is 3.06. The van der Waals surface area contributed by atoms with Crippen LogP contribution in [0, 0.1) is 6.92 Å². The van der Waals surface area contributed by atoms with Gasteiger partial charge in [0.15, 0.2) is 0 Å². The van der Waals surface area contributed by atoms with Gasteiger partial charge in [-0.1, -0.05) is 12.1 Å². The number of unbranched alkanes of at least 4 members (excludes halogenated alkanes) is 2. The van der Waals surface area contributed by atoms with Gasteiger partial charge in [0.25, 0.3) is 5.91 Å². The Hall–Kier alpha value is -3.64. The van der Waals surface area contributed by atoms with E-state index in [1.165, 1.54) is 18.1 Å². The number of carbonyl (C=O) groups excluding carboxylic acids is 3. The van der Waals surface area contributed by atoms with E-state index in [0.717, 1.165) is 18.4 Å². The highest BCUT2D eigenvalue weighted by atomic mass is 16.5. The van der Waals surface area contributed by atoms with Crippen LogP contribution in [0.25, 0.3) is 0 Å². The quantitative estimate of drug-likeness (QED) is 0.335. The van der Waals surface area contributed by atoms with Crippen LogP contribution in [0.1, 0.15) is 41.6 Å². The summed E-state index contributed by atoms with van der Waals surface area (Å²) >= 11 is 0. The van der Waals surface area contributed by atoms with Crippen molar-refractivity contribution in [2.45, 2.75) is 32.6 Å². The van der Waals surface area contributed by atoms with Crippen LogP contribution in [0.4, 0.5) is 11.4 Å². The molecule has 2 aromatic carbocycles. The minimum Gasteiger partial charge on any atom is -0.494 e. The van der Waals surface area contributed by atoms with Crippen molar-refractivity contribution < 1.29 is 23.9 Å². The molecule has 2 aromatic rings. The van der Waals surface area contributed by atoms with E-state index >= 15 is 0 Å². The Balaban J connectivity index is 2.22. The van der Waals surface area contributed by atoms with Crippen LogP contribution in [0.15, 0.2) is 41.4 Å². The van der Waals surface area contributed by atoms with Crippen LogP contribution in [0.2, 0.25) is 0 Å². The standard InChI is InChI=1S/C23H27N3O5/c1-16-11-12-18(20(14-16)31-13-6-4-5-10-21(24)28)26(2)23(29)17-8-7-9-19(30-3)22(17)25-15-27/h7-9,11-12,14H,4-6,10,13H2,1-3H3,(H2,24,28). The highest BCUT2D eigenvalue weighted by Crippen LogP contribution is 2.35. The molecular weight excluding hydrogens is 398 g/mol. The fourth-order valence-electron chi connectivity index (χ4n) is 3.08. The predicted octanol–water partition coefficient (Wildman–Crippen LogP) is 3.67. The van der Waals surface area contributed by atoms with Crippen molar-refractivity contribution in [1.29, 1.82) is 0 Å². The highest BCUT2D eigenvalue weighted by molar-refractivity contribution is 6.10. The molecule has 0 unspecified atom stereocenters. The molecule has 0 saturated carbocycles. The molecule has 31 heavy (non-hydrogen) atoms. The molecule has 0 aliphatic carbocycles. The van der Waals surface area contributed by atoms with E-state index in [9.17, 15) is 14.4 Å². The molecule has 0 aliphatic heterocycles. The zero-order valence-electron chi connectivity index (χ0n) is 18.0. The van der Waals surface area contributed by atoms with Crippen LogP contribution in [-0.4, -0.2) is 38.7 Å². The van der Waals surface area contributed by atoms with Gasteiger partial charge in [0.05, 0.1) is 25.0 Å². The second-order valence-corrected chi connectivity index (χ2v) is 7.02. The lowest BCUT2D eigenvalue weighted by molar-refractivity contribution is -0.118. The zero-order chi connectivity index (χ0) is 22.8. The van der Waals surface area contributed by atoms with E-state index in [-0.39, 0.29) is 23.1 Å². The van der Waals surface area contributed by atoms with Crippen molar-refractivity contribution >= 4 is 29.3 Å². The Morgan fingerprint density at radius 1 is 1.13 bits per heavy atom. The molecule has 0 atom stereocenters. The van der Waals surface area contributed by atoms with Gasteiger partial charge >= 0.3 is 0 Å². The number of carbonyl (C=O) groups is 2. The monoisotopic (exact) mass is 425 g/mol. The summed E-state index contributed by atoms with van der Waals surface area (Å²) in [4.78, 5) is 40.0. The number of nitrogens with zero attached hydrogens (tertiary/aromatic N) is 2. The number of hydrogen-bond acceptors (Lipinski definition) is 6. The lowest BCUT2D eigenvalue weighted by Gasteiger charge is -2.22. The molecule has 2 amide bonds. The van der Waals surface area contributed by atoms with Crippen LogP contribution in [0.5, 0.6) is 11.5 Å². The number of isocyanates is 1. The number of aryl methyl sites for hydroxylation is 1. The van der Waals surface area contributed by atoms with Gasteiger partial charge in [-0.3, -0.25) is 9.59 Å². The third-order valence-electron chi connectivity index (χ3n) is 4.71. The van der Waals surface area contributed by atoms with Crippen molar-refractivity contribution in [2.24, 2.45) is 10.7 Å². The topological polar surface area (TPSA) is 111 Å². The van der Waals surface area contributed by atoms with Crippen LogP contribution in [0.3, 0.4) is 0 Å². The van der Waals surface area contributed by atoms with Gasteiger partial charge in [-0.15, -0.1) is 0 Å². The molecule has 8 heteroatoms. The molecule has 0 heterocycles. The summed E-state index contributed by atoms with van der Waals surface area (Å²) in [6.45, 7) is 2.38. The Labute approximate surface area is 181 Å². The molecule has 0 saturated heterocycles. The van der Waals surface area contributed by atoms with Gasteiger partial charge in [-0.05, 0) is 56.0 Å². The van der Waals surface area contributed by atoms with Crippen LogP contribution >= 0.6 is 0 Å². The summed E-state index contributed by atoms with van der Waals surface area (Å²) < 4.78 is 11.2. The molecular formula is C23H27N3O5. The molecule has 2 N–H and O–H groups in total. The first-order valence-electron chi connectivity index (χ1n) is 9.93. The van der Waals surface area contributed by atoms with Crippen LogP contribution < -0.4 is 20.1 Å². The summed E-state index contributed by atoms with van der Waals surface area (Å²) in [6, 6.07) is 10.4. The van der Waals surface area contributed by atoms with Crippen molar-refractivity contribution in [1.82, 2.24) is 0 Å². The number of methoxy groups -OCH3 is 1. The van der Waals surface area contributed by atoms with Crippen LogP contribution in [-0.2, 0) is 9.59 Å². The second-order valence-electron chi connectivity index (χ2n) is 7.02. The number of primary amides is 1. The fraction of sp³-hybridized carbons (Fsp3) is 0.348. The number of rotatable bonds is 11. The summed E-state index contributed by atoms with van der Waals surface area (Å²) in [6.07, 6.45) is 4.12.